The van der Waals surface area contributed by atoms with Gasteiger partial charge in [-0.05, 0) is 50.4 Å². The molecule has 2 rings (SSSR count). The van der Waals surface area contributed by atoms with Gasteiger partial charge in [0.05, 0.1) is 16.4 Å². The van der Waals surface area contributed by atoms with Crippen LogP contribution in [0.15, 0.2) is 18.2 Å². The van der Waals surface area contributed by atoms with Gasteiger partial charge in [0, 0.05) is 11.8 Å². The molecule has 0 bridgehead atoms. The van der Waals surface area contributed by atoms with Crippen LogP contribution in [-0.4, -0.2) is 16.3 Å². The number of hydrogen-bond acceptors (Lipinski definition) is 2. The SMILES string of the molecule is Cc1nn(-c2ccc(Cl)c(F)c2)c(C)c1CC(C)CN. The van der Waals surface area contributed by atoms with Crippen LogP contribution >= 0.6 is 11.6 Å². The largest absolute Gasteiger partial charge is 0.330 e. The Morgan fingerprint density at radius 1 is 1.40 bits per heavy atom. The van der Waals surface area contributed by atoms with Gasteiger partial charge in [-0.2, -0.15) is 5.10 Å². The molecule has 2 aromatic rings. The van der Waals surface area contributed by atoms with Gasteiger partial charge in [-0.15, -0.1) is 0 Å². The lowest BCUT2D eigenvalue weighted by atomic mass is 10.00. The zero-order valence-electron chi connectivity index (χ0n) is 12.0. The topological polar surface area (TPSA) is 43.8 Å². The highest BCUT2D eigenvalue weighted by atomic mass is 35.5. The van der Waals surface area contributed by atoms with Crippen LogP contribution in [0.3, 0.4) is 0 Å². The molecule has 0 spiro atoms. The van der Waals surface area contributed by atoms with E-state index >= 15 is 0 Å². The summed E-state index contributed by atoms with van der Waals surface area (Å²) in [4.78, 5) is 0. The maximum Gasteiger partial charge on any atom is 0.143 e. The molecule has 1 aromatic carbocycles. The lowest BCUT2D eigenvalue weighted by molar-refractivity contribution is 0.589. The summed E-state index contributed by atoms with van der Waals surface area (Å²) in [7, 11) is 0. The molecule has 1 aromatic heterocycles. The van der Waals surface area contributed by atoms with E-state index in [1.807, 2.05) is 13.8 Å². The molecule has 1 atom stereocenters. The molecule has 2 N–H and O–H groups in total. The first kappa shape index (κ1) is 15.0. The minimum absolute atomic E-state index is 0.118. The third-order valence-corrected chi connectivity index (χ3v) is 3.85. The first-order chi connectivity index (χ1) is 9.43. The highest BCUT2D eigenvalue weighted by molar-refractivity contribution is 6.30. The van der Waals surface area contributed by atoms with Gasteiger partial charge in [0.2, 0.25) is 0 Å². The van der Waals surface area contributed by atoms with E-state index in [0.717, 1.165) is 17.8 Å². The Morgan fingerprint density at radius 2 is 2.10 bits per heavy atom. The van der Waals surface area contributed by atoms with Crippen LogP contribution in [0.25, 0.3) is 5.69 Å². The molecule has 1 heterocycles. The number of aryl methyl sites for hydroxylation is 1. The molecular weight excluding hydrogens is 277 g/mol. The fourth-order valence-electron chi connectivity index (χ4n) is 2.27. The maximum atomic E-state index is 13.6. The third-order valence-electron chi connectivity index (χ3n) is 3.54. The molecule has 0 radical (unpaired) electrons. The molecule has 0 saturated heterocycles. The Labute approximate surface area is 123 Å². The van der Waals surface area contributed by atoms with Crippen molar-refractivity contribution >= 4 is 11.6 Å². The minimum atomic E-state index is -0.436. The summed E-state index contributed by atoms with van der Waals surface area (Å²) in [6.45, 7) is 6.71. The second-order valence-electron chi connectivity index (χ2n) is 5.20. The molecule has 20 heavy (non-hydrogen) atoms. The molecule has 0 aliphatic heterocycles. The smallest absolute Gasteiger partial charge is 0.143 e. The van der Waals surface area contributed by atoms with Crippen LogP contribution in [0.4, 0.5) is 4.39 Å². The molecule has 0 fully saturated rings. The van der Waals surface area contributed by atoms with Crippen LogP contribution < -0.4 is 5.73 Å². The van der Waals surface area contributed by atoms with Crippen molar-refractivity contribution < 1.29 is 4.39 Å². The number of aromatic nitrogens is 2. The lowest BCUT2D eigenvalue weighted by Gasteiger charge is -2.09. The van der Waals surface area contributed by atoms with Crippen LogP contribution in [0.5, 0.6) is 0 Å². The number of nitrogens with two attached hydrogens (primary N) is 1. The Balaban J connectivity index is 2.43. The van der Waals surface area contributed by atoms with Gasteiger partial charge in [0.15, 0.2) is 0 Å². The summed E-state index contributed by atoms with van der Waals surface area (Å²) in [5.41, 5.74) is 9.52. The van der Waals surface area contributed by atoms with Gasteiger partial charge in [-0.1, -0.05) is 18.5 Å². The monoisotopic (exact) mass is 295 g/mol. The average molecular weight is 296 g/mol. The fourth-order valence-corrected chi connectivity index (χ4v) is 2.39. The van der Waals surface area contributed by atoms with Gasteiger partial charge in [0.25, 0.3) is 0 Å². The summed E-state index contributed by atoms with van der Waals surface area (Å²) >= 11 is 5.71. The highest BCUT2D eigenvalue weighted by Crippen LogP contribution is 2.23. The molecule has 3 nitrogen and oxygen atoms in total. The quantitative estimate of drug-likeness (QED) is 0.939. The number of rotatable bonds is 4. The molecule has 0 saturated carbocycles. The van der Waals surface area contributed by atoms with Crippen molar-refractivity contribution in [3.63, 3.8) is 0 Å². The summed E-state index contributed by atoms with van der Waals surface area (Å²) in [6, 6.07) is 4.71. The molecule has 0 aliphatic carbocycles. The Kier molecular flexibility index (Phi) is 4.45. The van der Waals surface area contributed by atoms with Crippen LogP contribution in [0.2, 0.25) is 5.02 Å². The van der Waals surface area contributed by atoms with Crippen LogP contribution in [0, 0.1) is 25.6 Å². The molecule has 0 amide bonds. The average Bonchev–Trinajstić information content (AvgIpc) is 2.69. The van der Waals surface area contributed by atoms with Gasteiger partial charge in [-0.25, -0.2) is 9.07 Å². The fraction of sp³-hybridized carbons (Fsp3) is 0.400. The highest BCUT2D eigenvalue weighted by Gasteiger charge is 2.15. The summed E-state index contributed by atoms with van der Waals surface area (Å²) < 4.78 is 15.3. The van der Waals surface area contributed by atoms with Crippen molar-refractivity contribution in [3.8, 4) is 5.69 Å². The van der Waals surface area contributed by atoms with E-state index in [9.17, 15) is 4.39 Å². The van der Waals surface area contributed by atoms with Crippen molar-refractivity contribution in [2.45, 2.75) is 27.2 Å². The number of hydrogen-bond donors (Lipinski definition) is 1. The Morgan fingerprint density at radius 3 is 2.70 bits per heavy atom. The maximum absolute atomic E-state index is 13.6. The van der Waals surface area contributed by atoms with E-state index in [4.69, 9.17) is 17.3 Å². The normalized spacial score (nSPS) is 12.7. The predicted octanol–water partition coefficient (Wildman–Crippen LogP) is 3.42. The predicted molar refractivity (Wildman–Crippen MR) is 79.9 cm³/mol. The van der Waals surface area contributed by atoms with Crippen molar-refractivity contribution in [1.29, 1.82) is 0 Å². The van der Waals surface area contributed by atoms with E-state index in [-0.39, 0.29) is 5.02 Å². The van der Waals surface area contributed by atoms with E-state index in [0.29, 0.717) is 18.2 Å². The van der Waals surface area contributed by atoms with Crippen molar-refractivity contribution in [3.05, 3.63) is 46.0 Å². The summed E-state index contributed by atoms with van der Waals surface area (Å²) in [5.74, 6) is -0.0411. The van der Waals surface area contributed by atoms with E-state index in [1.54, 1.807) is 16.8 Å². The second-order valence-corrected chi connectivity index (χ2v) is 5.61. The van der Waals surface area contributed by atoms with Crippen LogP contribution in [-0.2, 0) is 6.42 Å². The zero-order chi connectivity index (χ0) is 14.9. The lowest BCUT2D eigenvalue weighted by Crippen LogP contribution is -2.14. The molecule has 1 unspecified atom stereocenters. The van der Waals surface area contributed by atoms with Gasteiger partial charge in [0.1, 0.15) is 5.82 Å². The summed E-state index contributed by atoms with van der Waals surface area (Å²) in [5, 5.41) is 4.62. The van der Waals surface area contributed by atoms with Crippen molar-refractivity contribution in [2.75, 3.05) is 6.54 Å². The third kappa shape index (κ3) is 2.86. The molecule has 0 aliphatic rings. The van der Waals surface area contributed by atoms with Crippen LogP contribution in [0.1, 0.15) is 23.9 Å². The summed E-state index contributed by atoms with van der Waals surface area (Å²) in [6.07, 6.45) is 0.879. The Bertz CT molecular complexity index is 622. The van der Waals surface area contributed by atoms with Gasteiger partial charge in [-0.3, -0.25) is 0 Å². The van der Waals surface area contributed by atoms with Gasteiger partial charge >= 0.3 is 0 Å². The molecule has 108 valence electrons. The second kappa shape index (κ2) is 5.94. The Hall–Kier alpha value is -1.39. The van der Waals surface area contributed by atoms with Gasteiger partial charge < -0.3 is 5.73 Å². The first-order valence-electron chi connectivity index (χ1n) is 6.64. The standard InChI is InChI=1S/C15H19ClFN3/c1-9(8-18)6-13-10(2)19-20(11(13)3)12-4-5-14(16)15(17)7-12/h4-5,7,9H,6,8,18H2,1-3H3. The first-order valence-corrected chi connectivity index (χ1v) is 7.02. The van der Waals surface area contributed by atoms with Crippen molar-refractivity contribution in [2.24, 2.45) is 11.7 Å². The number of nitrogens with zero attached hydrogens (tertiary/aromatic N) is 2. The number of halogens is 2. The molecular formula is C15H19ClFN3. The number of benzene rings is 1. The van der Waals surface area contributed by atoms with Crippen molar-refractivity contribution in [1.82, 2.24) is 9.78 Å². The zero-order valence-corrected chi connectivity index (χ0v) is 12.7. The minimum Gasteiger partial charge on any atom is -0.330 e. The van der Waals surface area contributed by atoms with E-state index in [1.165, 1.54) is 11.6 Å². The molecule has 5 heteroatoms. The van der Waals surface area contributed by atoms with E-state index in [2.05, 4.69) is 12.0 Å². The van der Waals surface area contributed by atoms with E-state index < -0.39 is 5.82 Å².